The van der Waals surface area contributed by atoms with E-state index in [-0.39, 0.29) is 6.42 Å². The van der Waals surface area contributed by atoms with Crippen LogP contribution in [0.1, 0.15) is 13.3 Å². The first-order valence-corrected chi connectivity index (χ1v) is 6.46. The van der Waals surface area contributed by atoms with Crippen molar-refractivity contribution in [1.82, 2.24) is 4.72 Å². The van der Waals surface area contributed by atoms with Crippen LogP contribution in [0.2, 0.25) is 0 Å². The van der Waals surface area contributed by atoms with Crippen LogP contribution in [0.4, 0.5) is 8.78 Å². The fourth-order valence-corrected chi connectivity index (χ4v) is 2.58. The Morgan fingerprint density at radius 1 is 1.44 bits per heavy atom. The minimum absolute atomic E-state index is 0.00260. The molecule has 0 unspecified atom stereocenters. The van der Waals surface area contributed by atoms with Gasteiger partial charge in [-0.05, 0) is 18.6 Å². The van der Waals surface area contributed by atoms with Crippen molar-refractivity contribution in [3.63, 3.8) is 0 Å². The van der Waals surface area contributed by atoms with E-state index >= 15 is 0 Å². The summed E-state index contributed by atoms with van der Waals surface area (Å²) in [5, 5.41) is 8.72. The molecule has 1 aromatic rings. The smallest absolute Gasteiger partial charge is 0.321 e. The van der Waals surface area contributed by atoms with Gasteiger partial charge in [0.15, 0.2) is 0 Å². The molecular formula is C10H11F2NO4S. The molecule has 0 saturated carbocycles. The Hall–Kier alpha value is -1.54. The fraction of sp³-hybridized carbons (Fsp3) is 0.300. The molecule has 0 amide bonds. The van der Waals surface area contributed by atoms with E-state index in [2.05, 4.69) is 0 Å². The van der Waals surface area contributed by atoms with E-state index in [1.165, 1.54) is 6.92 Å². The van der Waals surface area contributed by atoms with Crippen molar-refractivity contribution < 1.29 is 27.1 Å². The Labute approximate surface area is 102 Å². The molecule has 1 atom stereocenters. The minimum atomic E-state index is -4.34. The number of sulfonamides is 1. The molecule has 0 aliphatic rings. The Bertz CT molecular complexity index is 559. The van der Waals surface area contributed by atoms with Gasteiger partial charge in [-0.25, -0.2) is 17.2 Å². The Balaban J connectivity index is 3.10. The number of carboxylic acids is 1. The van der Waals surface area contributed by atoms with E-state index in [4.69, 9.17) is 5.11 Å². The van der Waals surface area contributed by atoms with Crippen LogP contribution in [0.25, 0.3) is 0 Å². The van der Waals surface area contributed by atoms with Crippen molar-refractivity contribution in [3.8, 4) is 0 Å². The van der Waals surface area contributed by atoms with Crippen LogP contribution in [0.5, 0.6) is 0 Å². The molecule has 0 aliphatic heterocycles. The van der Waals surface area contributed by atoms with Crippen LogP contribution in [0.15, 0.2) is 23.1 Å². The maximum Gasteiger partial charge on any atom is 0.321 e. The van der Waals surface area contributed by atoms with Gasteiger partial charge in [0.25, 0.3) is 0 Å². The van der Waals surface area contributed by atoms with Crippen molar-refractivity contribution >= 4 is 16.0 Å². The topological polar surface area (TPSA) is 83.5 Å². The lowest BCUT2D eigenvalue weighted by molar-refractivity contribution is -0.139. The van der Waals surface area contributed by atoms with Crippen molar-refractivity contribution in [3.05, 3.63) is 29.8 Å². The SMILES string of the molecule is CC[C@@H](NS(=O)(=O)c1ccc(F)cc1F)C(=O)O. The number of nitrogens with one attached hydrogen (secondary N) is 1. The fourth-order valence-electron chi connectivity index (χ4n) is 1.25. The summed E-state index contributed by atoms with van der Waals surface area (Å²) in [7, 11) is -4.34. The van der Waals surface area contributed by atoms with Gasteiger partial charge in [0, 0.05) is 6.07 Å². The number of hydrogen-bond donors (Lipinski definition) is 2. The molecule has 1 aromatic carbocycles. The number of carboxylic acid groups (broad SMARTS) is 1. The summed E-state index contributed by atoms with van der Waals surface area (Å²) in [4.78, 5) is 9.91. The summed E-state index contributed by atoms with van der Waals surface area (Å²) in [6, 6.07) is 0.566. The molecule has 5 nitrogen and oxygen atoms in total. The Morgan fingerprint density at radius 3 is 2.50 bits per heavy atom. The summed E-state index contributed by atoms with van der Waals surface area (Å²) >= 11 is 0. The van der Waals surface area contributed by atoms with Crippen LogP contribution in [-0.2, 0) is 14.8 Å². The van der Waals surface area contributed by atoms with Gasteiger partial charge in [-0.2, -0.15) is 4.72 Å². The predicted molar refractivity (Wildman–Crippen MR) is 58.4 cm³/mol. The summed E-state index contributed by atoms with van der Waals surface area (Å²) in [5.74, 6) is -3.57. The van der Waals surface area contributed by atoms with Crippen molar-refractivity contribution in [2.45, 2.75) is 24.3 Å². The minimum Gasteiger partial charge on any atom is -0.480 e. The molecule has 1 rings (SSSR count). The summed E-state index contributed by atoms with van der Waals surface area (Å²) < 4.78 is 51.2. The van der Waals surface area contributed by atoms with Gasteiger partial charge in [-0.3, -0.25) is 4.79 Å². The summed E-state index contributed by atoms with van der Waals surface area (Å²) in [5.41, 5.74) is 0. The predicted octanol–water partition coefficient (Wildman–Crippen LogP) is 1.11. The molecule has 0 aliphatic carbocycles. The molecule has 100 valence electrons. The van der Waals surface area contributed by atoms with Crippen LogP contribution < -0.4 is 4.72 Å². The zero-order valence-electron chi connectivity index (χ0n) is 9.35. The molecule has 0 spiro atoms. The molecule has 18 heavy (non-hydrogen) atoms. The number of carbonyl (C=O) groups is 1. The lowest BCUT2D eigenvalue weighted by Gasteiger charge is -2.13. The highest BCUT2D eigenvalue weighted by molar-refractivity contribution is 7.89. The Morgan fingerprint density at radius 2 is 2.06 bits per heavy atom. The number of aliphatic carboxylic acids is 1. The van der Waals surface area contributed by atoms with E-state index in [0.717, 1.165) is 12.1 Å². The van der Waals surface area contributed by atoms with Gasteiger partial charge in [-0.15, -0.1) is 0 Å². The maximum atomic E-state index is 13.3. The van der Waals surface area contributed by atoms with Crippen LogP contribution in [-0.4, -0.2) is 25.5 Å². The van der Waals surface area contributed by atoms with Gasteiger partial charge < -0.3 is 5.11 Å². The van der Waals surface area contributed by atoms with Gasteiger partial charge in [-0.1, -0.05) is 6.92 Å². The lowest BCUT2D eigenvalue weighted by Crippen LogP contribution is -2.40. The highest BCUT2D eigenvalue weighted by atomic mass is 32.2. The molecular weight excluding hydrogens is 268 g/mol. The number of rotatable bonds is 5. The van der Waals surface area contributed by atoms with Gasteiger partial charge >= 0.3 is 5.97 Å². The average Bonchev–Trinajstić information content (AvgIpc) is 2.24. The van der Waals surface area contributed by atoms with Gasteiger partial charge in [0.2, 0.25) is 10.0 Å². The van der Waals surface area contributed by atoms with E-state index in [1.807, 2.05) is 4.72 Å². The largest absolute Gasteiger partial charge is 0.480 e. The summed E-state index contributed by atoms with van der Waals surface area (Å²) in [6.07, 6.45) is -0.00260. The lowest BCUT2D eigenvalue weighted by atomic mass is 10.2. The molecule has 0 saturated heterocycles. The van der Waals surface area contributed by atoms with Crippen molar-refractivity contribution in [2.75, 3.05) is 0 Å². The van der Waals surface area contributed by atoms with Crippen LogP contribution >= 0.6 is 0 Å². The third kappa shape index (κ3) is 3.23. The molecule has 8 heteroatoms. The van der Waals surface area contributed by atoms with E-state index in [9.17, 15) is 22.0 Å². The third-order valence-electron chi connectivity index (χ3n) is 2.19. The first-order chi connectivity index (χ1) is 8.27. The maximum absolute atomic E-state index is 13.3. The molecule has 0 fully saturated rings. The monoisotopic (exact) mass is 279 g/mol. The first-order valence-electron chi connectivity index (χ1n) is 4.98. The van der Waals surface area contributed by atoms with E-state index in [1.54, 1.807) is 0 Å². The molecule has 0 aromatic heterocycles. The number of halogens is 2. The zero-order chi connectivity index (χ0) is 13.9. The Kier molecular flexibility index (Phi) is 4.36. The normalized spacial score (nSPS) is 13.3. The van der Waals surface area contributed by atoms with Crippen molar-refractivity contribution in [2.24, 2.45) is 0 Å². The standard InChI is InChI=1S/C10H11F2NO4S/c1-2-8(10(14)15)13-18(16,17)9-4-3-6(11)5-7(9)12/h3-5,8,13H,2H2,1H3,(H,14,15)/t8-/m1/s1. The second kappa shape index (κ2) is 5.40. The van der Waals surface area contributed by atoms with Crippen LogP contribution in [0.3, 0.4) is 0 Å². The van der Waals surface area contributed by atoms with Gasteiger partial charge in [0.1, 0.15) is 22.6 Å². The van der Waals surface area contributed by atoms with Crippen molar-refractivity contribution in [1.29, 1.82) is 0 Å². The highest BCUT2D eigenvalue weighted by Gasteiger charge is 2.26. The molecule has 0 heterocycles. The van der Waals surface area contributed by atoms with E-state index < -0.39 is 38.6 Å². The quantitative estimate of drug-likeness (QED) is 0.845. The van der Waals surface area contributed by atoms with Gasteiger partial charge in [0.05, 0.1) is 0 Å². The number of hydrogen-bond acceptors (Lipinski definition) is 3. The second-order valence-electron chi connectivity index (χ2n) is 3.50. The highest BCUT2D eigenvalue weighted by Crippen LogP contribution is 2.16. The summed E-state index contributed by atoms with van der Waals surface area (Å²) in [6.45, 7) is 1.46. The zero-order valence-corrected chi connectivity index (χ0v) is 10.2. The molecule has 2 N–H and O–H groups in total. The third-order valence-corrected chi connectivity index (χ3v) is 3.69. The second-order valence-corrected chi connectivity index (χ2v) is 5.18. The van der Waals surface area contributed by atoms with Crippen LogP contribution in [0, 0.1) is 11.6 Å². The molecule has 0 radical (unpaired) electrons. The average molecular weight is 279 g/mol. The first kappa shape index (κ1) is 14.5. The van der Waals surface area contributed by atoms with E-state index in [0.29, 0.717) is 6.07 Å². The number of benzene rings is 1. The molecule has 0 bridgehead atoms.